The summed E-state index contributed by atoms with van der Waals surface area (Å²) in [6.45, 7) is 14.1. The molecule has 274 valence electrons. The number of hydrogen-bond acceptors (Lipinski definition) is 11. The van der Waals surface area contributed by atoms with Crippen molar-refractivity contribution >= 4 is 40.4 Å². The Bertz CT molecular complexity index is 1750. The van der Waals surface area contributed by atoms with Gasteiger partial charge in [0.25, 0.3) is 0 Å². The summed E-state index contributed by atoms with van der Waals surface area (Å²) in [7, 11) is 5.89. The number of nitrogens with zero attached hydrogens (tertiary/aromatic N) is 8. The number of anilines is 1. The number of aryl methyl sites for hydroxylation is 1. The van der Waals surface area contributed by atoms with Crippen LogP contribution in [0, 0.1) is 23.2 Å². The van der Waals surface area contributed by atoms with Gasteiger partial charge in [0, 0.05) is 62.3 Å². The molecule has 2 saturated heterocycles. The number of ether oxygens (including phenoxy) is 2. The Balaban J connectivity index is 1.40. The standard InChI is InChI=1S/C38H52N8O4S/c1-25-23-45(36(48)50-37(3,4)5)19-20-46(25)31-21-32(49-26(2)28-13-12-18-44(28)9)42-34(41-31)29(47)14-10-16-38(6)17-11-15-30-33(38)27(22-39)35(51-30)40-24-43(7)8/h21,24-26,28H,11-15,17-20,23H2,1-9H3/b40-24+/t25-,26+,28+,38+/m1/s1. The molecule has 0 aromatic carbocycles. The molecule has 2 aliphatic heterocycles. The zero-order valence-corrected chi connectivity index (χ0v) is 32.4. The molecule has 2 aromatic rings. The zero-order valence-electron chi connectivity index (χ0n) is 31.6. The highest BCUT2D eigenvalue weighted by Gasteiger charge is 2.37. The highest BCUT2D eigenvalue weighted by atomic mass is 32.1. The Morgan fingerprint density at radius 3 is 2.65 bits per heavy atom. The van der Waals surface area contributed by atoms with Gasteiger partial charge >= 0.3 is 6.09 Å². The van der Waals surface area contributed by atoms with Crippen molar-refractivity contribution in [3.05, 3.63) is 27.9 Å². The van der Waals surface area contributed by atoms with Crippen molar-refractivity contribution < 1.29 is 19.1 Å². The number of ketones is 1. The van der Waals surface area contributed by atoms with Crippen molar-refractivity contribution in [3.63, 3.8) is 0 Å². The first-order valence-corrected chi connectivity index (χ1v) is 18.7. The smallest absolute Gasteiger partial charge is 0.410 e. The number of carbonyl (C=O) groups excluding carboxylic acids is 2. The minimum Gasteiger partial charge on any atom is -0.473 e. The number of fused-ring (bicyclic) bond motifs is 1. The third-order valence-electron chi connectivity index (χ3n) is 9.66. The Hall–Kier alpha value is -4.20. The van der Waals surface area contributed by atoms with Crippen molar-refractivity contribution in [3.8, 4) is 23.8 Å². The van der Waals surface area contributed by atoms with E-state index in [9.17, 15) is 14.9 Å². The van der Waals surface area contributed by atoms with Gasteiger partial charge < -0.3 is 24.2 Å². The molecule has 4 atom stereocenters. The van der Waals surface area contributed by atoms with E-state index in [-0.39, 0.29) is 42.3 Å². The largest absolute Gasteiger partial charge is 0.473 e. The fourth-order valence-corrected chi connectivity index (χ4v) is 8.43. The number of Topliss-reactive ketones (excluding diaryl/α,β-unsaturated/α-hetero) is 1. The van der Waals surface area contributed by atoms with Crippen molar-refractivity contribution in [2.24, 2.45) is 4.99 Å². The SMILES string of the molecule is C[C@H](Oc1cc(N2CCN(C(=O)OC(C)(C)C)C[C@H]2C)nc(C(=O)CC#C[C@@]2(C)CCCc3sc(/N=C/N(C)C)c(C#N)c32)n1)[C@@H]1CCCN1C. The van der Waals surface area contributed by atoms with E-state index < -0.39 is 11.0 Å². The van der Waals surface area contributed by atoms with Crippen molar-refractivity contribution in [1.29, 1.82) is 5.26 Å². The molecule has 0 bridgehead atoms. The summed E-state index contributed by atoms with van der Waals surface area (Å²) in [6, 6.07) is 4.34. The van der Waals surface area contributed by atoms with E-state index in [1.807, 2.05) is 53.6 Å². The van der Waals surface area contributed by atoms with Gasteiger partial charge in [-0.05, 0) is 87.2 Å². The summed E-state index contributed by atoms with van der Waals surface area (Å²) >= 11 is 1.55. The number of aliphatic imine (C=N–C) groups is 1. The van der Waals surface area contributed by atoms with Gasteiger partial charge in [-0.25, -0.2) is 14.8 Å². The van der Waals surface area contributed by atoms with Gasteiger partial charge in [-0.15, -0.1) is 11.3 Å². The molecule has 4 heterocycles. The summed E-state index contributed by atoms with van der Waals surface area (Å²) < 4.78 is 12.0. The lowest BCUT2D eigenvalue weighted by atomic mass is 9.73. The third-order valence-corrected chi connectivity index (χ3v) is 10.8. The summed E-state index contributed by atoms with van der Waals surface area (Å²) in [5.74, 6) is 7.20. The van der Waals surface area contributed by atoms with Crippen LogP contribution in [0.3, 0.4) is 0 Å². The van der Waals surface area contributed by atoms with Crippen LogP contribution in [0.25, 0.3) is 0 Å². The number of nitriles is 1. The Kier molecular flexibility index (Phi) is 11.6. The first-order chi connectivity index (χ1) is 24.1. The monoisotopic (exact) mass is 716 g/mol. The first-order valence-electron chi connectivity index (χ1n) is 17.9. The fourth-order valence-electron chi connectivity index (χ4n) is 7.17. The van der Waals surface area contributed by atoms with Crippen LogP contribution < -0.4 is 9.64 Å². The van der Waals surface area contributed by atoms with E-state index in [4.69, 9.17) is 14.5 Å². The average Bonchev–Trinajstić information content (AvgIpc) is 3.66. The van der Waals surface area contributed by atoms with Crippen molar-refractivity contribution in [2.75, 3.05) is 52.2 Å². The molecule has 12 nitrogen and oxygen atoms in total. The minimum absolute atomic E-state index is 0.0496. The lowest BCUT2D eigenvalue weighted by Gasteiger charge is -2.40. The highest BCUT2D eigenvalue weighted by Crippen LogP contribution is 2.47. The Morgan fingerprint density at radius 1 is 1.24 bits per heavy atom. The summed E-state index contributed by atoms with van der Waals surface area (Å²) in [5, 5.41) is 10.8. The van der Waals surface area contributed by atoms with Gasteiger partial charge in [-0.2, -0.15) is 10.2 Å². The molecule has 2 fully saturated rings. The van der Waals surface area contributed by atoms with E-state index in [1.165, 1.54) is 0 Å². The van der Waals surface area contributed by atoms with Crippen LogP contribution in [0.5, 0.6) is 5.88 Å². The maximum atomic E-state index is 13.8. The van der Waals surface area contributed by atoms with Gasteiger partial charge in [0.2, 0.25) is 17.5 Å². The van der Waals surface area contributed by atoms with E-state index >= 15 is 0 Å². The topological polar surface area (TPSA) is 127 Å². The number of piperazine rings is 1. The first kappa shape index (κ1) is 38.0. The van der Waals surface area contributed by atoms with Gasteiger partial charge in [-0.1, -0.05) is 11.8 Å². The maximum absolute atomic E-state index is 13.8. The molecule has 0 N–H and O–H groups in total. The second-order valence-electron chi connectivity index (χ2n) is 15.4. The molecule has 0 saturated carbocycles. The number of amides is 1. The Labute approximate surface area is 306 Å². The molecule has 2 aromatic heterocycles. The second-order valence-corrected chi connectivity index (χ2v) is 16.4. The highest BCUT2D eigenvalue weighted by molar-refractivity contribution is 7.16. The number of likely N-dealkylation sites (tertiary alicyclic amines) is 1. The molecular weight excluding hydrogens is 665 g/mol. The van der Waals surface area contributed by atoms with Crippen LogP contribution in [0.4, 0.5) is 15.6 Å². The van der Waals surface area contributed by atoms with Crippen molar-refractivity contribution in [2.45, 2.75) is 109 Å². The van der Waals surface area contributed by atoms with E-state index in [0.29, 0.717) is 41.9 Å². The number of likely N-dealkylation sites (N-methyl/N-ethyl adjacent to an activating group) is 1. The summed E-state index contributed by atoms with van der Waals surface area (Å²) in [6.07, 6.45) is 5.89. The van der Waals surface area contributed by atoms with Crippen LogP contribution in [-0.2, 0) is 16.6 Å². The summed E-state index contributed by atoms with van der Waals surface area (Å²) in [4.78, 5) is 49.6. The van der Waals surface area contributed by atoms with Gasteiger partial charge in [0.05, 0.1) is 23.7 Å². The molecular formula is C38H52N8O4S. The maximum Gasteiger partial charge on any atom is 0.410 e. The van der Waals surface area contributed by atoms with Crippen LogP contribution in [-0.4, -0.2) is 114 Å². The predicted octanol–water partition coefficient (Wildman–Crippen LogP) is 5.81. The van der Waals surface area contributed by atoms with E-state index in [0.717, 1.165) is 49.1 Å². The lowest BCUT2D eigenvalue weighted by molar-refractivity contribution is 0.0218. The normalized spacial score (nSPS) is 22.9. The quantitative estimate of drug-likeness (QED) is 0.143. The molecule has 0 radical (unpaired) electrons. The molecule has 13 heteroatoms. The van der Waals surface area contributed by atoms with Crippen LogP contribution in [0.2, 0.25) is 0 Å². The number of thiophene rings is 1. The van der Waals surface area contributed by atoms with Crippen molar-refractivity contribution in [1.82, 2.24) is 24.7 Å². The molecule has 5 rings (SSSR count). The van der Waals surface area contributed by atoms with E-state index in [2.05, 4.69) is 51.7 Å². The minimum atomic E-state index is -0.583. The van der Waals surface area contributed by atoms with Gasteiger partial charge in [0.1, 0.15) is 28.6 Å². The third kappa shape index (κ3) is 9.00. The van der Waals surface area contributed by atoms with Crippen LogP contribution >= 0.6 is 11.3 Å². The van der Waals surface area contributed by atoms with Crippen LogP contribution in [0.15, 0.2) is 11.1 Å². The van der Waals surface area contributed by atoms with Crippen LogP contribution in [0.1, 0.15) is 100 Å². The second kappa shape index (κ2) is 15.6. The van der Waals surface area contributed by atoms with Gasteiger partial charge in [-0.3, -0.25) is 9.69 Å². The molecule has 0 spiro atoms. The summed E-state index contributed by atoms with van der Waals surface area (Å²) in [5.41, 5.74) is 0.341. The molecule has 0 unspecified atom stereocenters. The zero-order chi connectivity index (χ0) is 37.1. The molecule has 51 heavy (non-hydrogen) atoms. The Morgan fingerprint density at radius 2 is 2.00 bits per heavy atom. The number of aromatic nitrogens is 2. The molecule has 3 aliphatic rings. The average molecular weight is 717 g/mol. The number of rotatable bonds is 8. The lowest BCUT2D eigenvalue weighted by Crippen LogP contribution is -2.55. The van der Waals surface area contributed by atoms with Gasteiger partial charge in [0.15, 0.2) is 0 Å². The molecule has 1 amide bonds. The fraction of sp³-hybridized carbons (Fsp3) is 0.632. The van der Waals surface area contributed by atoms with E-state index in [1.54, 1.807) is 28.6 Å². The predicted molar refractivity (Wildman–Crippen MR) is 200 cm³/mol. The molecule has 1 aliphatic carbocycles. The number of hydrogen-bond donors (Lipinski definition) is 0. The number of carbonyl (C=O) groups is 2.